The van der Waals surface area contributed by atoms with Crippen LogP contribution in [0.1, 0.15) is 5.76 Å². The van der Waals surface area contributed by atoms with Gasteiger partial charge in [-0.3, -0.25) is 4.79 Å². The van der Waals surface area contributed by atoms with E-state index in [0.29, 0.717) is 21.6 Å². The average Bonchev–Trinajstić information content (AvgIpc) is 3.22. The first-order valence-electron chi connectivity index (χ1n) is 8.05. The van der Waals surface area contributed by atoms with Crippen molar-refractivity contribution < 1.29 is 14.0 Å². The Kier molecular flexibility index (Phi) is 4.75. The highest BCUT2D eigenvalue weighted by molar-refractivity contribution is 7.99. The zero-order chi connectivity index (χ0) is 18.8. The molecule has 1 saturated heterocycles. The van der Waals surface area contributed by atoms with Crippen LogP contribution in [0.2, 0.25) is 5.02 Å². The summed E-state index contributed by atoms with van der Waals surface area (Å²) in [5.74, 6) is 0.0551. The largest absolute Gasteiger partial charge is 0.450 e. The van der Waals surface area contributed by atoms with Crippen LogP contribution in [0.15, 0.2) is 86.8 Å². The van der Waals surface area contributed by atoms with Gasteiger partial charge in [0.25, 0.3) is 5.91 Å². The molecule has 1 N–H and O–H groups in total. The molecular weight excluding hydrogens is 384 g/mol. The maximum absolute atomic E-state index is 12.6. The number of carbonyl (C=O) groups is 2. The molecule has 27 heavy (non-hydrogen) atoms. The van der Waals surface area contributed by atoms with Gasteiger partial charge in [0.05, 0.1) is 5.69 Å². The van der Waals surface area contributed by atoms with Crippen molar-refractivity contribution in [1.82, 2.24) is 5.32 Å². The molecule has 134 valence electrons. The Bertz CT molecular complexity index is 1030. The lowest BCUT2D eigenvalue weighted by Gasteiger charge is -2.10. The summed E-state index contributed by atoms with van der Waals surface area (Å²) < 4.78 is 5.74. The van der Waals surface area contributed by atoms with E-state index in [9.17, 15) is 9.59 Å². The molecule has 2 heterocycles. The van der Waals surface area contributed by atoms with Gasteiger partial charge < -0.3 is 9.73 Å². The number of halogens is 1. The van der Waals surface area contributed by atoms with Crippen LogP contribution in [0.4, 0.5) is 10.5 Å². The standard InChI is InChI=1S/C20H13ClN2O3S/c21-13-6-9-16(10-7-13)27-18-11-8-15(26-18)12-17-19(24)23(20(25)22-17)14-4-2-1-3-5-14/h1-12H,(H,22,25). The van der Waals surface area contributed by atoms with E-state index in [2.05, 4.69) is 5.32 Å². The molecule has 0 radical (unpaired) electrons. The lowest BCUT2D eigenvalue weighted by atomic mass is 10.3. The van der Waals surface area contributed by atoms with Crippen molar-refractivity contribution in [2.75, 3.05) is 4.90 Å². The molecular formula is C20H13ClN2O3S. The number of para-hydroxylation sites is 1. The van der Waals surface area contributed by atoms with E-state index in [1.54, 1.807) is 42.5 Å². The summed E-state index contributed by atoms with van der Waals surface area (Å²) in [6, 6.07) is 19.2. The van der Waals surface area contributed by atoms with Crippen molar-refractivity contribution in [2.24, 2.45) is 0 Å². The van der Waals surface area contributed by atoms with E-state index in [1.807, 2.05) is 24.3 Å². The van der Waals surface area contributed by atoms with Gasteiger partial charge in [0.2, 0.25) is 0 Å². The monoisotopic (exact) mass is 396 g/mol. The highest BCUT2D eigenvalue weighted by atomic mass is 35.5. The highest BCUT2D eigenvalue weighted by Crippen LogP contribution is 2.31. The maximum atomic E-state index is 12.6. The predicted molar refractivity (Wildman–Crippen MR) is 105 cm³/mol. The van der Waals surface area contributed by atoms with Crippen molar-refractivity contribution in [3.05, 3.63) is 83.2 Å². The molecule has 4 rings (SSSR count). The topological polar surface area (TPSA) is 62.6 Å². The van der Waals surface area contributed by atoms with Gasteiger partial charge in [-0.05, 0) is 48.5 Å². The molecule has 2 aromatic carbocycles. The van der Waals surface area contributed by atoms with Crippen LogP contribution < -0.4 is 10.2 Å². The van der Waals surface area contributed by atoms with Crippen LogP contribution in [-0.2, 0) is 4.79 Å². The second-order valence-corrected chi connectivity index (χ2v) is 7.19. The Balaban J connectivity index is 1.52. The maximum Gasteiger partial charge on any atom is 0.333 e. The number of urea groups is 1. The predicted octanol–water partition coefficient (Wildman–Crippen LogP) is 5.18. The van der Waals surface area contributed by atoms with Gasteiger partial charge in [-0.25, -0.2) is 9.69 Å². The van der Waals surface area contributed by atoms with E-state index in [1.165, 1.54) is 17.8 Å². The molecule has 0 bridgehead atoms. The summed E-state index contributed by atoms with van der Waals surface area (Å²) in [6.07, 6.45) is 1.52. The third-order valence-corrected chi connectivity index (χ3v) is 4.99. The van der Waals surface area contributed by atoms with Crippen molar-refractivity contribution >= 4 is 47.1 Å². The Labute approximate surface area is 164 Å². The van der Waals surface area contributed by atoms with E-state index < -0.39 is 11.9 Å². The van der Waals surface area contributed by atoms with Crippen molar-refractivity contribution in [2.45, 2.75) is 9.99 Å². The highest BCUT2D eigenvalue weighted by Gasteiger charge is 2.34. The summed E-state index contributed by atoms with van der Waals surface area (Å²) in [5.41, 5.74) is 0.683. The molecule has 3 amide bonds. The second-order valence-electron chi connectivity index (χ2n) is 5.68. The Morgan fingerprint density at radius 1 is 0.963 bits per heavy atom. The first kappa shape index (κ1) is 17.5. The van der Waals surface area contributed by atoms with Gasteiger partial charge in [-0.2, -0.15) is 0 Å². The molecule has 1 fully saturated rings. The summed E-state index contributed by atoms with van der Waals surface area (Å²) in [5, 5.41) is 3.92. The normalized spacial score (nSPS) is 15.4. The fraction of sp³-hybridized carbons (Fsp3) is 0. The number of furan rings is 1. The van der Waals surface area contributed by atoms with E-state index >= 15 is 0 Å². The van der Waals surface area contributed by atoms with Gasteiger partial charge >= 0.3 is 6.03 Å². The van der Waals surface area contributed by atoms with Crippen LogP contribution in [0.3, 0.4) is 0 Å². The first-order chi connectivity index (χ1) is 13.1. The quantitative estimate of drug-likeness (QED) is 0.487. The van der Waals surface area contributed by atoms with Crippen LogP contribution in [0.5, 0.6) is 0 Å². The van der Waals surface area contributed by atoms with Gasteiger partial charge in [0.15, 0.2) is 5.09 Å². The molecule has 1 aliphatic rings. The third-order valence-electron chi connectivity index (χ3n) is 3.81. The second kappa shape index (κ2) is 7.34. The molecule has 1 aliphatic heterocycles. The number of hydrogen-bond donors (Lipinski definition) is 1. The summed E-state index contributed by atoms with van der Waals surface area (Å²) in [6.45, 7) is 0. The minimum absolute atomic E-state index is 0.168. The van der Waals surface area contributed by atoms with Gasteiger partial charge in [-0.1, -0.05) is 41.6 Å². The number of amides is 3. The van der Waals surface area contributed by atoms with Gasteiger partial charge in [-0.15, -0.1) is 0 Å². The molecule has 7 heteroatoms. The van der Waals surface area contributed by atoms with Crippen molar-refractivity contribution in [3.63, 3.8) is 0 Å². The summed E-state index contributed by atoms with van der Waals surface area (Å²) in [7, 11) is 0. The number of carbonyl (C=O) groups excluding carboxylic acids is 2. The number of benzene rings is 2. The molecule has 1 aromatic heterocycles. The molecule has 5 nitrogen and oxygen atoms in total. The summed E-state index contributed by atoms with van der Waals surface area (Å²) >= 11 is 7.32. The van der Waals surface area contributed by atoms with E-state index in [4.69, 9.17) is 16.0 Å². The third kappa shape index (κ3) is 3.77. The molecule has 0 unspecified atom stereocenters. The van der Waals surface area contributed by atoms with Crippen LogP contribution >= 0.6 is 23.4 Å². The Morgan fingerprint density at radius 2 is 1.70 bits per heavy atom. The lowest BCUT2D eigenvalue weighted by molar-refractivity contribution is -0.113. The molecule has 3 aromatic rings. The fourth-order valence-electron chi connectivity index (χ4n) is 2.57. The number of nitrogens with zero attached hydrogens (tertiary/aromatic N) is 1. The number of anilines is 1. The zero-order valence-electron chi connectivity index (χ0n) is 13.9. The minimum atomic E-state index is -0.486. The summed E-state index contributed by atoms with van der Waals surface area (Å²) in [4.78, 5) is 26.8. The van der Waals surface area contributed by atoms with Crippen molar-refractivity contribution in [3.8, 4) is 0 Å². The van der Waals surface area contributed by atoms with E-state index in [0.717, 1.165) is 9.80 Å². The number of hydrogen-bond acceptors (Lipinski definition) is 4. The van der Waals surface area contributed by atoms with Crippen LogP contribution in [0.25, 0.3) is 6.08 Å². The molecule has 0 saturated carbocycles. The molecule has 0 atom stereocenters. The lowest BCUT2D eigenvalue weighted by Crippen LogP contribution is -2.30. The SMILES string of the molecule is O=C1NC(=Cc2ccc(Sc3ccc(Cl)cc3)o2)C(=O)N1c1ccccc1. The number of rotatable bonds is 4. The Morgan fingerprint density at radius 3 is 2.44 bits per heavy atom. The van der Waals surface area contributed by atoms with Gasteiger partial charge in [0, 0.05) is 16.0 Å². The van der Waals surface area contributed by atoms with Crippen LogP contribution in [-0.4, -0.2) is 11.9 Å². The van der Waals surface area contributed by atoms with Crippen LogP contribution in [0, 0.1) is 0 Å². The van der Waals surface area contributed by atoms with Gasteiger partial charge in [0.1, 0.15) is 11.5 Å². The Hall–Kier alpha value is -2.96. The first-order valence-corrected chi connectivity index (χ1v) is 9.25. The minimum Gasteiger partial charge on any atom is -0.450 e. The number of imide groups is 1. The fourth-order valence-corrected chi connectivity index (χ4v) is 3.48. The smallest absolute Gasteiger partial charge is 0.333 e. The molecule has 0 aliphatic carbocycles. The number of nitrogens with one attached hydrogen (secondary N) is 1. The van der Waals surface area contributed by atoms with E-state index in [-0.39, 0.29) is 5.70 Å². The zero-order valence-corrected chi connectivity index (χ0v) is 15.5. The molecule has 0 spiro atoms. The van der Waals surface area contributed by atoms with Crippen molar-refractivity contribution in [1.29, 1.82) is 0 Å². The average molecular weight is 397 g/mol.